The lowest BCUT2D eigenvalue weighted by molar-refractivity contribution is -0.130. The molecule has 21 heavy (non-hydrogen) atoms. The van der Waals surface area contributed by atoms with Crippen molar-refractivity contribution in [2.75, 3.05) is 31.6 Å². The van der Waals surface area contributed by atoms with Crippen LogP contribution in [0, 0.1) is 11.3 Å². The fourth-order valence-electron chi connectivity index (χ4n) is 2.20. The van der Waals surface area contributed by atoms with Crippen LogP contribution in [0.1, 0.15) is 12.5 Å². The largest absolute Gasteiger partial charge is 0.378 e. The Kier molecular flexibility index (Phi) is 5.35. The summed E-state index contributed by atoms with van der Waals surface area (Å²) in [6, 6.07) is 9.82. The number of hydrogen-bond donors (Lipinski definition) is 1. The normalized spacial score (nSPS) is 15.4. The van der Waals surface area contributed by atoms with E-state index >= 15 is 0 Å². The molecule has 1 aromatic rings. The number of nitriles is 1. The number of carbonyl (C=O) groups excluding carboxylic acids is 1. The number of hydrogen-bond acceptors (Lipinski definition) is 4. The van der Waals surface area contributed by atoms with Gasteiger partial charge in [-0.2, -0.15) is 5.26 Å². The lowest BCUT2D eigenvalue weighted by Crippen LogP contribution is -2.41. The molecule has 5 heteroatoms. The van der Waals surface area contributed by atoms with Gasteiger partial charge < -0.3 is 15.0 Å². The lowest BCUT2D eigenvalue weighted by Gasteiger charge is -2.26. The summed E-state index contributed by atoms with van der Waals surface area (Å²) in [7, 11) is 0. The van der Waals surface area contributed by atoms with E-state index < -0.39 is 0 Å². The van der Waals surface area contributed by atoms with Gasteiger partial charge in [0.15, 0.2) is 0 Å². The van der Waals surface area contributed by atoms with Crippen LogP contribution >= 0.6 is 0 Å². The maximum atomic E-state index is 12.2. The van der Waals surface area contributed by atoms with E-state index in [-0.39, 0.29) is 11.5 Å². The molecule has 1 aliphatic heterocycles. The van der Waals surface area contributed by atoms with E-state index in [9.17, 15) is 10.1 Å². The molecule has 0 radical (unpaired) electrons. The Morgan fingerprint density at radius 2 is 2.14 bits per heavy atom. The molecule has 0 aromatic heterocycles. The second-order valence-electron chi connectivity index (χ2n) is 4.73. The molecule has 1 fully saturated rings. The highest BCUT2D eigenvalue weighted by atomic mass is 16.5. The van der Waals surface area contributed by atoms with Gasteiger partial charge in [-0.25, -0.2) is 0 Å². The molecule has 2 rings (SSSR count). The van der Waals surface area contributed by atoms with Crippen molar-refractivity contribution in [2.24, 2.45) is 0 Å². The molecule has 1 saturated heterocycles. The van der Waals surface area contributed by atoms with E-state index in [1.165, 1.54) is 6.20 Å². The number of rotatable bonds is 4. The van der Waals surface area contributed by atoms with Crippen molar-refractivity contribution in [2.45, 2.75) is 13.3 Å². The number of ether oxygens (including phenoxy) is 1. The highest BCUT2D eigenvalue weighted by Gasteiger charge is 2.20. The van der Waals surface area contributed by atoms with Crippen molar-refractivity contribution in [3.05, 3.63) is 41.6 Å². The van der Waals surface area contributed by atoms with Crippen molar-refractivity contribution >= 4 is 11.6 Å². The third kappa shape index (κ3) is 3.83. The number of para-hydroxylation sites is 1. The topological polar surface area (TPSA) is 65.4 Å². The number of nitrogens with one attached hydrogen (secondary N) is 1. The molecule has 5 nitrogen and oxygen atoms in total. The van der Waals surface area contributed by atoms with E-state index in [0.717, 1.165) is 17.7 Å². The van der Waals surface area contributed by atoms with Crippen LogP contribution in [0.4, 0.5) is 5.69 Å². The molecule has 110 valence electrons. The maximum Gasteiger partial charge on any atom is 0.266 e. The quantitative estimate of drug-likeness (QED) is 0.678. The maximum absolute atomic E-state index is 12.2. The Hall–Kier alpha value is -2.32. The van der Waals surface area contributed by atoms with Crippen LogP contribution in [0.25, 0.3) is 0 Å². The van der Waals surface area contributed by atoms with E-state index in [1.54, 1.807) is 4.90 Å². The monoisotopic (exact) mass is 285 g/mol. The highest BCUT2D eigenvalue weighted by molar-refractivity contribution is 5.97. The fraction of sp³-hybridized carbons (Fsp3) is 0.375. The standard InChI is InChI=1S/C16H19N3O2/c1-2-13-5-3-4-6-15(13)18-12-14(11-17)16(20)19-7-9-21-10-8-19/h3-6,12,18H,2,7-10H2,1H3/b14-12-. The SMILES string of the molecule is CCc1ccccc1N/C=C(/C#N)C(=O)N1CCOCC1. The van der Waals surface area contributed by atoms with E-state index in [4.69, 9.17) is 4.74 Å². The summed E-state index contributed by atoms with van der Waals surface area (Å²) in [5.41, 5.74) is 2.18. The molecule has 0 unspecified atom stereocenters. The number of nitrogens with zero attached hydrogens (tertiary/aromatic N) is 2. The molecule has 0 aliphatic carbocycles. The molecular weight excluding hydrogens is 266 g/mol. The number of anilines is 1. The molecule has 1 amide bonds. The zero-order chi connectivity index (χ0) is 15.1. The van der Waals surface area contributed by atoms with Gasteiger partial charge in [-0.1, -0.05) is 25.1 Å². The molecule has 1 aliphatic rings. The predicted molar refractivity (Wildman–Crippen MR) is 80.5 cm³/mol. The number of amides is 1. The van der Waals surface area contributed by atoms with Crippen molar-refractivity contribution in [1.29, 1.82) is 5.26 Å². The third-order valence-electron chi connectivity index (χ3n) is 3.42. The van der Waals surface area contributed by atoms with Crippen molar-refractivity contribution in [3.63, 3.8) is 0 Å². The summed E-state index contributed by atoms with van der Waals surface area (Å²) in [6.45, 7) is 4.17. The Morgan fingerprint density at radius 3 is 2.81 bits per heavy atom. The Bertz CT molecular complexity index is 569. The van der Waals surface area contributed by atoms with Gasteiger partial charge in [-0.3, -0.25) is 4.79 Å². The van der Waals surface area contributed by atoms with Gasteiger partial charge in [-0.15, -0.1) is 0 Å². The minimum Gasteiger partial charge on any atom is -0.378 e. The van der Waals surface area contributed by atoms with Gasteiger partial charge in [0.1, 0.15) is 11.6 Å². The molecule has 0 atom stereocenters. The molecular formula is C16H19N3O2. The van der Waals surface area contributed by atoms with Crippen molar-refractivity contribution < 1.29 is 9.53 Å². The molecule has 1 aromatic carbocycles. The van der Waals surface area contributed by atoms with Crippen LogP contribution in [0.2, 0.25) is 0 Å². The summed E-state index contributed by atoms with van der Waals surface area (Å²) in [5, 5.41) is 12.3. The summed E-state index contributed by atoms with van der Waals surface area (Å²) in [4.78, 5) is 13.9. The smallest absolute Gasteiger partial charge is 0.266 e. The molecule has 1 N–H and O–H groups in total. The van der Waals surface area contributed by atoms with Gasteiger partial charge in [0.25, 0.3) is 5.91 Å². The zero-order valence-corrected chi connectivity index (χ0v) is 12.1. The number of benzene rings is 1. The Balaban J connectivity index is 2.10. The number of carbonyl (C=O) groups is 1. The summed E-state index contributed by atoms with van der Waals surface area (Å²) in [5.74, 6) is -0.248. The first kappa shape index (κ1) is 15.1. The first-order chi connectivity index (χ1) is 10.3. The van der Waals surface area contributed by atoms with E-state index in [1.807, 2.05) is 30.3 Å². The van der Waals surface area contributed by atoms with Crippen LogP contribution in [0.5, 0.6) is 0 Å². The average Bonchev–Trinajstić information content (AvgIpc) is 2.56. The van der Waals surface area contributed by atoms with E-state index in [0.29, 0.717) is 26.3 Å². The minimum absolute atomic E-state index is 0.114. The first-order valence-electron chi connectivity index (χ1n) is 7.08. The van der Waals surface area contributed by atoms with Gasteiger partial charge in [0, 0.05) is 25.0 Å². The molecule has 1 heterocycles. The van der Waals surface area contributed by atoms with Crippen molar-refractivity contribution in [1.82, 2.24) is 4.90 Å². The Morgan fingerprint density at radius 1 is 1.43 bits per heavy atom. The predicted octanol–water partition coefficient (Wildman–Crippen LogP) is 1.93. The Labute approximate surface area is 124 Å². The van der Waals surface area contributed by atoms with Gasteiger partial charge in [0.2, 0.25) is 0 Å². The van der Waals surface area contributed by atoms with Crippen LogP contribution in [-0.2, 0) is 16.0 Å². The van der Waals surface area contributed by atoms with Crippen LogP contribution in [0.3, 0.4) is 0 Å². The average molecular weight is 285 g/mol. The van der Waals surface area contributed by atoms with Gasteiger partial charge >= 0.3 is 0 Å². The van der Waals surface area contributed by atoms with Gasteiger partial charge in [0.05, 0.1) is 13.2 Å². The zero-order valence-electron chi connectivity index (χ0n) is 12.1. The highest BCUT2D eigenvalue weighted by Crippen LogP contribution is 2.16. The second kappa shape index (κ2) is 7.46. The number of aryl methyl sites for hydroxylation is 1. The second-order valence-corrected chi connectivity index (χ2v) is 4.73. The van der Waals surface area contributed by atoms with Crippen LogP contribution in [0.15, 0.2) is 36.0 Å². The lowest BCUT2D eigenvalue weighted by atomic mass is 10.1. The number of morpholine rings is 1. The van der Waals surface area contributed by atoms with Crippen molar-refractivity contribution in [3.8, 4) is 6.07 Å². The summed E-state index contributed by atoms with van der Waals surface area (Å²) in [6.07, 6.45) is 2.38. The minimum atomic E-state index is -0.248. The summed E-state index contributed by atoms with van der Waals surface area (Å²) >= 11 is 0. The van der Waals surface area contributed by atoms with Crippen LogP contribution in [-0.4, -0.2) is 37.1 Å². The fourth-order valence-corrected chi connectivity index (χ4v) is 2.20. The first-order valence-corrected chi connectivity index (χ1v) is 7.08. The third-order valence-corrected chi connectivity index (χ3v) is 3.42. The van der Waals surface area contributed by atoms with Gasteiger partial charge in [-0.05, 0) is 18.1 Å². The van der Waals surface area contributed by atoms with E-state index in [2.05, 4.69) is 12.2 Å². The molecule has 0 saturated carbocycles. The van der Waals surface area contributed by atoms with Crippen LogP contribution < -0.4 is 5.32 Å². The molecule has 0 bridgehead atoms. The molecule has 0 spiro atoms. The summed E-state index contributed by atoms with van der Waals surface area (Å²) < 4.78 is 5.21.